The number of nitrogens with one attached hydrogen (secondary N) is 1. The van der Waals surface area contributed by atoms with Crippen LogP contribution >= 0.6 is 0 Å². The number of carbonyl (C=O) groups excluding carboxylic acids is 1. The minimum atomic E-state index is -4.92. The Kier molecular flexibility index (Phi) is 5.71. The number of anilines is 2. The molecule has 0 radical (unpaired) electrons. The molecule has 4 heterocycles. The van der Waals surface area contributed by atoms with E-state index in [1.165, 1.54) is 6.92 Å². The van der Waals surface area contributed by atoms with Crippen molar-refractivity contribution in [3.05, 3.63) is 47.7 Å². The maximum absolute atomic E-state index is 13.6. The minimum Gasteiger partial charge on any atom is -0.475 e. The molecule has 1 aliphatic rings. The summed E-state index contributed by atoms with van der Waals surface area (Å²) in [6.07, 6.45) is -8.17. The fourth-order valence-electron chi connectivity index (χ4n) is 3.23. The summed E-state index contributed by atoms with van der Waals surface area (Å²) in [5.41, 5.74) is -2.27. The van der Waals surface area contributed by atoms with Crippen LogP contribution in [0.5, 0.6) is 5.75 Å². The Morgan fingerprint density at radius 3 is 2.46 bits per heavy atom. The third kappa shape index (κ3) is 4.52. The highest BCUT2D eigenvalue weighted by molar-refractivity contribution is 6.03. The van der Waals surface area contributed by atoms with Crippen molar-refractivity contribution in [1.29, 1.82) is 5.26 Å². The number of rotatable bonds is 2. The van der Waals surface area contributed by atoms with E-state index < -0.39 is 53.9 Å². The Labute approximate surface area is 191 Å². The van der Waals surface area contributed by atoms with Crippen molar-refractivity contribution in [1.82, 2.24) is 25.0 Å². The summed E-state index contributed by atoms with van der Waals surface area (Å²) in [6, 6.07) is 1.00. The van der Waals surface area contributed by atoms with Gasteiger partial charge in [0, 0.05) is 0 Å². The summed E-state index contributed by atoms with van der Waals surface area (Å²) in [5, 5.41) is 18.6. The summed E-state index contributed by atoms with van der Waals surface area (Å²) in [6.45, 7) is 0.330. The molecule has 1 unspecified atom stereocenters. The second kappa shape index (κ2) is 8.42. The van der Waals surface area contributed by atoms with Crippen molar-refractivity contribution < 1.29 is 35.9 Å². The lowest BCUT2D eigenvalue weighted by Gasteiger charge is -2.35. The van der Waals surface area contributed by atoms with Gasteiger partial charge in [-0.1, -0.05) is 0 Å². The minimum absolute atomic E-state index is 0.0660. The van der Waals surface area contributed by atoms with Gasteiger partial charge in [-0.2, -0.15) is 41.8 Å². The van der Waals surface area contributed by atoms with Gasteiger partial charge in [-0.05, 0) is 13.0 Å². The lowest BCUT2D eigenvalue weighted by atomic mass is 10.1. The number of nitrogens with zero attached hydrogens (tertiary/aromatic N) is 7. The number of alkyl halides is 6. The molecular weight excluding hydrogens is 486 g/mol. The third-order valence-electron chi connectivity index (χ3n) is 4.85. The Morgan fingerprint density at radius 1 is 1.17 bits per heavy atom. The number of carbonyl (C=O) groups is 1. The van der Waals surface area contributed by atoms with E-state index >= 15 is 0 Å². The summed E-state index contributed by atoms with van der Waals surface area (Å²) in [4.78, 5) is 21.7. The molecule has 0 aliphatic carbocycles. The first-order valence-electron chi connectivity index (χ1n) is 9.55. The fraction of sp³-hybridized carbons (Fsp3) is 0.263. The highest BCUT2D eigenvalue weighted by Gasteiger charge is 2.48. The lowest BCUT2D eigenvalue weighted by Crippen LogP contribution is -2.51. The van der Waals surface area contributed by atoms with Crippen LogP contribution in [0, 0.1) is 18.3 Å². The van der Waals surface area contributed by atoms with Crippen LogP contribution in [0.3, 0.4) is 0 Å². The monoisotopic (exact) mass is 498 g/mol. The molecule has 0 bridgehead atoms. The van der Waals surface area contributed by atoms with Crippen LogP contribution < -0.4 is 15.0 Å². The van der Waals surface area contributed by atoms with E-state index in [0.717, 1.165) is 24.8 Å². The zero-order chi connectivity index (χ0) is 25.5. The van der Waals surface area contributed by atoms with Gasteiger partial charge in [-0.15, -0.1) is 4.80 Å². The number of aromatic nitrogens is 5. The lowest BCUT2D eigenvalue weighted by molar-refractivity contribution is -0.193. The summed E-state index contributed by atoms with van der Waals surface area (Å²) in [5.74, 6) is -1.19. The molecule has 4 rings (SSSR count). The molecule has 10 nitrogen and oxygen atoms in total. The van der Waals surface area contributed by atoms with E-state index in [2.05, 4.69) is 25.5 Å². The van der Waals surface area contributed by atoms with Gasteiger partial charge < -0.3 is 10.1 Å². The summed E-state index contributed by atoms with van der Waals surface area (Å²) < 4.78 is 86.2. The molecular formula is C19H12F6N8O2. The molecule has 182 valence electrons. The number of pyridine rings is 2. The van der Waals surface area contributed by atoms with E-state index in [1.54, 1.807) is 6.07 Å². The van der Waals surface area contributed by atoms with Gasteiger partial charge in [0.1, 0.15) is 22.9 Å². The zero-order valence-electron chi connectivity index (χ0n) is 17.4. The number of amides is 2. The Balaban J connectivity index is 1.72. The quantitative estimate of drug-likeness (QED) is 0.536. The second-order valence-corrected chi connectivity index (χ2v) is 7.15. The van der Waals surface area contributed by atoms with Crippen LogP contribution in [-0.4, -0.2) is 49.8 Å². The van der Waals surface area contributed by atoms with Crippen molar-refractivity contribution >= 4 is 17.4 Å². The van der Waals surface area contributed by atoms with Crippen LogP contribution in [0.2, 0.25) is 0 Å². The number of urea groups is 1. The Morgan fingerprint density at radius 2 is 1.86 bits per heavy atom. The van der Waals surface area contributed by atoms with Gasteiger partial charge in [0.25, 0.3) is 0 Å². The fourth-order valence-corrected chi connectivity index (χ4v) is 3.23. The predicted molar refractivity (Wildman–Crippen MR) is 105 cm³/mol. The maximum Gasteiger partial charge on any atom is 0.427 e. The van der Waals surface area contributed by atoms with E-state index in [0.29, 0.717) is 15.8 Å². The number of hydrogen-bond acceptors (Lipinski definition) is 7. The first kappa shape index (κ1) is 23.7. The SMILES string of the molecule is Cc1ncc2c(c1C#N)OC(C(F)(F)F)CN2C(=O)Nc1cnc(-n2nccn2)c(C(F)(F)F)c1. The molecule has 3 aromatic heterocycles. The van der Waals surface area contributed by atoms with Crippen LogP contribution in [0.4, 0.5) is 42.5 Å². The largest absolute Gasteiger partial charge is 0.475 e. The molecule has 0 fully saturated rings. The Bertz CT molecular complexity index is 1320. The van der Waals surface area contributed by atoms with Crippen molar-refractivity contribution in [3.63, 3.8) is 0 Å². The van der Waals surface area contributed by atoms with Crippen LogP contribution in [0.15, 0.2) is 30.9 Å². The molecule has 2 amide bonds. The topological polar surface area (TPSA) is 122 Å². The van der Waals surface area contributed by atoms with Crippen molar-refractivity contribution in [2.75, 3.05) is 16.8 Å². The predicted octanol–water partition coefficient (Wildman–Crippen LogP) is 3.62. The first-order valence-corrected chi connectivity index (χ1v) is 9.55. The standard InChI is InChI=1S/C19H12F6N8O2/c1-9-11(5-26)15-13(7-27-9)32(8-14(35-15)19(23,24)25)17(34)31-10-4-12(18(20,21)22)16(28-6-10)33-29-2-3-30-33/h2-4,6-7,14H,8H2,1H3,(H,31,34). The molecule has 1 N–H and O–H groups in total. The molecule has 0 aromatic carbocycles. The number of halogens is 6. The molecule has 0 spiro atoms. The van der Waals surface area contributed by atoms with Crippen LogP contribution in [0.25, 0.3) is 5.82 Å². The summed E-state index contributed by atoms with van der Waals surface area (Å²) in [7, 11) is 0. The third-order valence-corrected chi connectivity index (χ3v) is 4.85. The highest BCUT2D eigenvalue weighted by atomic mass is 19.4. The van der Waals surface area contributed by atoms with Gasteiger partial charge >= 0.3 is 18.4 Å². The molecule has 1 atom stereocenters. The van der Waals surface area contributed by atoms with E-state index in [-0.39, 0.29) is 16.9 Å². The van der Waals surface area contributed by atoms with Crippen LogP contribution in [-0.2, 0) is 6.18 Å². The van der Waals surface area contributed by atoms with Gasteiger partial charge in [0.2, 0.25) is 6.10 Å². The zero-order valence-corrected chi connectivity index (χ0v) is 17.4. The average Bonchev–Trinajstić information content (AvgIpc) is 3.31. The van der Waals surface area contributed by atoms with Gasteiger partial charge in [-0.25, -0.2) is 9.78 Å². The highest BCUT2D eigenvalue weighted by Crippen LogP contribution is 2.41. The summed E-state index contributed by atoms with van der Waals surface area (Å²) >= 11 is 0. The van der Waals surface area contributed by atoms with Crippen molar-refractivity contribution in [2.24, 2.45) is 0 Å². The average molecular weight is 498 g/mol. The van der Waals surface area contributed by atoms with E-state index in [4.69, 9.17) is 4.74 Å². The molecule has 3 aromatic rings. The molecule has 35 heavy (non-hydrogen) atoms. The number of hydrogen-bond donors (Lipinski definition) is 1. The van der Waals surface area contributed by atoms with Crippen LogP contribution in [0.1, 0.15) is 16.8 Å². The maximum atomic E-state index is 13.6. The van der Waals surface area contributed by atoms with Crippen molar-refractivity contribution in [2.45, 2.75) is 25.4 Å². The number of nitriles is 1. The van der Waals surface area contributed by atoms with E-state index in [9.17, 15) is 36.4 Å². The molecule has 0 saturated carbocycles. The Hall–Kier alpha value is -4.42. The number of aryl methyl sites for hydroxylation is 1. The van der Waals surface area contributed by atoms with E-state index in [1.807, 2.05) is 0 Å². The second-order valence-electron chi connectivity index (χ2n) is 7.15. The molecule has 1 aliphatic heterocycles. The normalized spacial score (nSPS) is 15.7. The first-order chi connectivity index (χ1) is 16.4. The number of fused-ring (bicyclic) bond motifs is 1. The van der Waals surface area contributed by atoms with Crippen molar-refractivity contribution in [3.8, 4) is 17.6 Å². The smallest absolute Gasteiger partial charge is 0.427 e. The van der Waals surface area contributed by atoms with Gasteiger partial charge in [0.05, 0.1) is 42.7 Å². The number of ether oxygens (including phenoxy) is 1. The van der Waals surface area contributed by atoms with Gasteiger partial charge in [-0.3, -0.25) is 9.88 Å². The molecule has 16 heteroatoms. The van der Waals surface area contributed by atoms with Gasteiger partial charge in [0.15, 0.2) is 11.6 Å². The molecule has 0 saturated heterocycles.